The van der Waals surface area contributed by atoms with Crippen molar-refractivity contribution < 1.29 is 0 Å². The lowest BCUT2D eigenvalue weighted by Gasteiger charge is -2.26. The quantitative estimate of drug-likeness (QED) is 0.583. The summed E-state index contributed by atoms with van der Waals surface area (Å²) in [5.74, 6) is 0. The second-order valence-corrected chi connectivity index (χ2v) is 5.53. The van der Waals surface area contributed by atoms with Crippen molar-refractivity contribution in [2.24, 2.45) is 0 Å². The summed E-state index contributed by atoms with van der Waals surface area (Å²) in [6.07, 6.45) is 7.59. The molecule has 2 aromatic carbocycles. The van der Waals surface area contributed by atoms with Crippen LogP contribution in [0.4, 0.5) is 11.4 Å². The Morgan fingerprint density at radius 2 is 1.32 bits per heavy atom. The fraction of sp³-hybridized carbons (Fsp3) is 0.238. The number of benzene rings is 2. The van der Waals surface area contributed by atoms with Gasteiger partial charge in [-0.25, -0.2) is 0 Å². The maximum absolute atomic E-state index is 2.30. The summed E-state index contributed by atoms with van der Waals surface area (Å²) in [5.41, 5.74) is 6.11. The molecule has 0 aliphatic rings. The molecule has 0 amide bonds. The molecule has 2 aromatic rings. The summed E-state index contributed by atoms with van der Waals surface area (Å²) >= 11 is 0. The first-order chi connectivity index (χ1) is 10.7. The Morgan fingerprint density at radius 1 is 0.864 bits per heavy atom. The van der Waals surface area contributed by atoms with Crippen molar-refractivity contribution in [1.29, 1.82) is 0 Å². The Labute approximate surface area is 134 Å². The van der Waals surface area contributed by atoms with Crippen LogP contribution in [0.15, 0.2) is 72.5 Å². The van der Waals surface area contributed by atoms with Crippen LogP contribution in [-0.4, -0.2) is 0 Å². The predicted molar refractivity (Wildman–Crippen MR) is 97.7 cm³/mol. The van der Waals surface area contributed by atoms with E-state index in [-0.39, 0.29) is 0 Å². The van der Waals surface area contributed by atoms with Gasteiger partial charge in [-0.15, -0.1) is 0 Å². The van der Waals surface area contributed by atoms with E-state index in [1.165, 1.54) is 28.2 Å². The summed E-state index contributed by atoms with van der Waals surface area (Å²) in [6.45, 7) is 8.48. The van der Waals surface area contributed by atoms with Gasteiger partial charge in [-0.3, -0.25) is 0 Å². The largest absolute Gasteiger partial charge is 0.311 e. The molecule has 0 bridgehead atoms. The summed E-state index contributed by atoms with van der Waals surface area (Å²) in [6, 6.07) is 17.4. The van der Waals surface area contributed by atoms with Crippen molar-refractivity contribution in [1.82, 2.24) is 0 Å². The molecule has 0 aliphatic carbocycles. The van der Waals surface area contributed by atoms with E-state index in [2.05, 4.69) is 99.4 Å². The van der Waals surface area contributed by atoms with Crippen LogP contribution < -0.4 is 4.90 Å². The fourth-order valence-electron chi connectivity index (χ4n) is 2.37. The zero-order chi connectivity index (χ0) is 15.9. The lowest BCUT2D eigenvalue weighted by molar-refractivity contribution is 1.16. The minimum absolute atomic E-state index is 1.03. The van der Waals surface area contributed by atoms with Crippen molar-refractivity contribution >= 4 is 11.4 Å². The van der Waals surface area contributed by atoms with Crippen LogP contribution in [0.25, 0.3) is 0 Å². The highest BCUT2D eigenvalue weighted by Crippen LogP contribution is 2.30. The van der Waals surface area contributed by atoms with Crippen LogP contribution in [0.3, 0.4) is 0 Å². The fourth-order valence-corrected chi connectivity index (χ4v) is 2.37. The lowest BCUT2D eigenvalue weighted by atomic mass is 10.1. The molecule has 0 aliphatic heterocycles. The first kappa shape index (κ1) is 16.1. The smallest absolute Gasteiger partial charge is 0.0461 e. The van der Waals surface area contributed by atoms with Gasteiger partial charge in [0.25, 0.3) is 0 Å². The number of allylic oxidation sites excluding steroid dienone is 3. The maximum atomic E-state index is 2.30. The van der Waals surface area contributed by atoms with Gasteiger partial charge in [0.2, 0.25) is 0 Å². The zero-order valence-electron chi connectivity index (χ0n) is 14.0. The molecule has 0 aromatic heterocycles. The molecule has 0 N–H and O–H groups in total. The molecular weight excluding hydrogens is 266 g/mol. The Morgan fingerprint density at radius 3 is 1.68 bits per heavy atom. The van der Waals surface area contributed by atoms with E-state index >= 15 is 0 Å². The third-order valence-electron chi connectivity index (χ3n) is 3.66. The minimum Gasteiger partial charge on any atom is -0.311 e. The predicted octanol–water partition coefficient (Wildman–Crippen LogP) is 6.31. The van der Waals surface area contributed by atoms with Gasteiger partial charge in [-0.05, 0) is 57.5 Å². The first-order valence-corrected chi connectivity index (χ1v) is 7.92. The van der Waals surface area contributed by atoms with Gasteiger partial charge >= 0.3 is 0 Å². The standard InChI is InChI=1S/C21H25N/c1-5-7-8-19(6-2)22(20-13-9-17(3)10-14-20)21-15-11-18(4)12-16-21/h6-16H,5H2,1-4H3/b8-7-,19-6+. The maximum Gasteiger partial charge on any atom is 0.0461 e. The molecule has 0 atom stereocenters. The van der Waals surface area contributed by atoms with Gasteiger partial charge in [0.1, 0.15) is 0 Å². The molecule has 2 rings (SSSR count). The van der Waals surface area contributed by atoms with Gasteiger partial charge in [0.15, 0.2) is 0 Å². The lowest BCUT2D eigenvalue weighted by Crippen LogP contribution is -2.15. The van der Waals surface area contributed by atoms with Crippen molar-refractivity contribution in [3.05, 3.63) is 83.6 Å². The molecule has 0 saturated heterocycles. The Hall–Kier alpha value is -2.28. The third kappa shape index (κ3) is 3.88. The molecule has 0 heterocycles. The van der Waals surface area contributed by atoms with Gasteiger partial charge in [0, 0.05) is 17.1 Å². The molecule has 0 radical (unpaired) electrons. The van der Waals surface area contributed by atoms with Crippen LogP contribution in [0.5, 0.6) is 0 Å². The molecule has 0 fully saturated rings. The number of rotatable bonds is 5. The van der Waals surface area contributed by atoms with E-state index in [0.29, 0.717) is 0 Å². The van der Waals surface area contributed by atoms with Crippen molar-refractivity contribution in [3.8, 4) is 0 Å². The normalized spacial score (nSPS) is 11.9. The Bertz CT molecular complexity index is 600. The molecule has 1 heteroatoms. The highest BCUT2D eigenvalue weighted by atomic mass is 15.1. The van der Waals surface area contributed by atoms with Gasteiger partial charge in [0.05, 0.1) is 0 Å². The van der Waals surface area contributed by atoms with Crippen LogP contribution in [0.1, 0.15) is 31.4 Å². The van der Waals surface area contributed by atoms with E-state index < -0.39 is 0 Å². The third-order valence-corrected chi connectivity index (χ3v) is 3.66. The van der Waals surface area contributed by atoms with E-state index in [4.69, 9.17) is 0 Å². The Kier molecular flexibility index (Phi) is 5.60. The molecule has 0 spiro atoms. The highest BCUT2D eigenvalue weighted by molar-refractivity contribution is 5.70. The van der Waals surface area contributed by atoms with Crippen LogP contribution in [0, 0.1) is 13.8 Å². The molecule has 1 nitrogen and oxygen atoms in total. The summed E-state index contributed by atoms with van der Waals surface area (Å²) in [5, 5.41) is 0. The Balaban J connectivity index is 2.50. The average molecular weight is 291 g/mol. The summed E-state index contributed by atoms with van der Waals surface area (Å²) in [4.78, 5) is 2.30. The van der Waals surface area contributed by atoms with Crippen LogP contribution in [0.2, 0.25) is 0 Å². The minimum atomic E-state index is 1.03. The van der Waals surface area contributed by atoms with Crippen molar-refractivity contribution in [2.75, 3.05) is 4.90 Å². The number of nitrogens with zero attached hydrogens (tertiary/aromatic N) is 1. The van der Waals surface area contributed by atoms with Crippen molar-refractivity contribution in [2.45, 2.75) is 34.1 Å². The number of aryl methyl sites for hydroxylation is 2. The molecule has 0 unspecified atom stereocenters. The SMILES string of the molecule is C/C=C(\C=C/CC)N(c1ccc(C)cc1)c1ccc(C)cc1. The van der Waals surface area contributed by atoms with Crippen LogP contribution in [-0.2, 0) is 0 Å². The van der Waals surface area contributed by atoms with Crippen LogP contribution >= 0.6 is 0 Å². The first-order valence-electron chi connectivity index (χ1n) is 7.92. The van der Waals surface area contributed by atoms with E-state index in [1.807, 2.05) is 0 Å². The van der Waals surface area contributed by atoms with E-state index in [0.717, 1.165) is 6.42 Å². The molecule has 0 saturated carbocycles. The van der Waals surface area contributed by atoms with E-state index in [9.17, 15) is 0 Å². The van der Waals surface area contributed by atoms with E-state index in [1.54, 1.807) is 0 Å². The van der Waals surface area contributed by atoms with Gasteiger partial charge in [-0.2, -0.15) is 0 Å². The second-order valence-electron chi connectivity index (χ2n) is 5.53. The molecular formula is C21H25N. The summed E-state index contributed by atoms with van der Waals surface area (Å²) < 4.78 is 0. The average Bonchev–Trinajstić information content (AvgIpc) is 2.54. The van der Waals surface area contributed by atoms with Gasteiger partial charge < -0.3 is 4.90 Å². The molecule has 22 heavy (non-hydrogen) atoms. The monoisotopic (exact) mass is 291 g/mol. The second kappa shape index (κ2) is 7.65. The zero-order valence-corrected chi connectivity index (χ0v) is 14.0. The number of hydrogen-bond donors (Lipinski definition) is 0. The number of anilines is 2. The number of hydrogen-bond acceptors (Lipinski definition) is 1. The highest BCUT2D eigenvalue weighted by Gasteiger charge is 2.12. The topological polar surface area (TPSA) is 3.24 Å². The van der Waals surface area contributed by atoms with Crippen molar-refractivity contribution in [3.63, 3.8) is 0 Å². The molecule has 114 valence electrons. The van der Waals surface area contributed by atoms with Gasteiger partial charge in [-0.1, -0.05) is 54.5 Å². The summed E-state index contributed by atoms with van der Waals surface area (Å²) in [7, 11) is 0.